The maximum atomic E-state index is 13.9. The van der Waals surface area contributed by atoms with Gasteiger partial charge in [-0.05, 0) is 55.8 Å². The van der Waals surface area contributed by atoms with Gasteiger partial charge in [-0.3, -0.25) is 4.79 Å². The number of carbonyl (C=O) groups is 1. The average molecular weight is 1560 g/mol. The van der Waals surface area contributed by atoms with Gasteiger partial charge in [-0.15, -0.1) is 0 Å². The molecule has 0 amide bonds. The highest BCUT2D eigenvalue weighted by Gasteiger charge is 2.50. The number of hydrogen-bond donors (Lipinski definition) is 9. The molecule has 0 radical (unpaired) electrons. The van der Waals surface area contributed by atoms with Gasteiger partial charge in [0.25, 0.3) is 0 Å². The molecule has 0 bridgehead atoms. The van der Waals surface area contributed by atoms with Crippen molar-refractivity contribution >= 4 is 5.97 Å². The fourth-order valence-corrected chi connectivity index (χ4v) is 18.0. The van der Waals surface area contributed by atoms with Crippen LogP contribution in [0.3, 0.4) is 0 Å². The predicted octanol–water partition coefficient (Wildman–Crippen LogP) is 24.1. The molecule has 1 aliphatic carbocycles. The maximum Gasteiger partial charge on any atom is 0.311 e. The summed E-state index contributed by atoms with van der Waals surface area (Å²) in [5.41, 5.74) is 0. The predicted molar refractivity (Wildman–Crippen MR) is 457 cm³/mol. The van der Waals surface area contributed by atoms with Gasteiger partial charge in [0.1, 0.15) is 55.4 Å². The van der Waals surface area contributed by atoms with Gasteiger partial charge < -0.3 is 64.9 Å². The number of esters is 1. The molecule has 0 aromatic heterocycles. The first-order valence-corrected chi connectivity index (χ1v) is 48.9. The Bertz CT molecular complexity index is 1970. The van der Waals surface area contributed by atoms with Gasteiger partial charge in [0, 0.05) is 0 Å². The van der Waals surface area contributed by atoms with Gasteiger partial charge in [-0.2, -0.15) is 0 Å². The van der Waals surface area contributed by atoms with Crippen LogP contribution in [-0.4, -0.2) is 139 Å². The van der Waals surface area contributed by atoms with Crippen LogP contribution < -0.4 is 0 Å². The van der Waals surface area contributed by atoms with E-state index < -0.39 is 92.6 Å². The van der Waals surface area contributed by atoms with E-state index in [9.17, 15) is 50.8 Å². The standard InChI is InChI=1S/C96H186O14/c1-5-7-9-11-13-15-17-19-21-23-24-25-26-31-37-43-49-55-61-67-73-82(94(106)107-78-87-89(101)91(103)93(105)96(109-87)110-95-92(104)90(102)88(100)86(77-97)108-95)85(99)75-69-63-57-51-45-39-33-36-42-48-54-60-66-72-81-76-83(81)79(3)70-64-58-52-46-40-34-30-27-28-32-38-44-50-56-62-68-74-84(98)80(4)71-65-59-53-47-41-35-29-22-20-18-16-14-12-10-8-6-2/h79-93,95-105H,5-78H2,1-4H3/t79?,80?,81?,82-,83?,84?,85-,86-,87-,88-,89-,90+,91+,92-,93-,95-,96-/m1/s1. The van der Waals surface area contributed by atoms with Crippen LogP contribution in [0.25, 0.3) is 0 Å². The molecular weight excluding hydrogens is 1380 g/mol. The SMILES string of the molecule is CCCCCCCCCCCCCCCCCCCCCC[C@@H](C(=O)OC[C@H]1O[C@H](O[C@H]2O[C@H](CO)[C@@H](O)[C@H](O)[C@H]2O)[C@H](O)[C@@H](O)[C@@H]1O)[C@H](O)CCCCCCCCCCCCCCCC1CC1C(C)CCCCCCCCCCCCCCCCCCC(O)C(C)CCCCCCCCCCCCCCCCCC. The Labute approximate surface area is 678 Å². The molecule has 2 heterocycles. The molecule has 5 unspecified atom stereocenters. The van der Waals surface area contributed by atoms with E-state index >= 15 is 0 Å². The fraction of sp³-hybridized carbons (Fsp3) is 0.990. The molecule has 3 rings (SSSR count). The second-order valence-corrected chi connectivity index (χ2v) is 36.3. The van der Waals surface area contributed by atoms with E-state index in [-0.39, 0.29) is 6.10 Å². The summed E-state index contributed by atoms with van der Waals surface area (Å²) >= 11 is 0. The smallest absolute Gasteiger partial charge is 0.311 e. The molecule has 1 saturated carbocycles. The van der Waals surface area contributed by atoms with Crippen LogP contribution in [0.1, 0.15) is 490 Å². The summed E-state index contributed by atoms with van der Waals surface area (Å²) in [6.07, 6.45) is 76.5. The number of aliphatic hydroxyl groups excluding tert-OH is 9. The Morgan fingerprint density at radius 3 is 0.936 bits per heavy atom. The Morgan fingerprint density at radius 2 is 0.600 bits per heavy atom. The third-order valence-corrected chi connectivity index (χ3v) is 26.2. The number of rotatable bonds is 82. The van der Waals surface area contributed by atoms with Crippen molar-refractivity contribution < 1.29 is 69.7 Å². The van der Waals surface area contributed by atoms with Gasteiger partial charge in [0.15, 0.2) is 12.6 Å². The van der Waals surface area contributed by atoms with Crippen LogP contribution in [0.5, 0.6) is 0 Å². The Balaban J connectivity index is 1.13. The summed E-state index contributed by atoms with van der Waals surface area (Å²) in [4.78, 5) is 13.9. The summed E-state index contributed by atoms with van der Waals surface area (Å²) in [5.74, 6) is 1.97. The summed E-state index contributed by atoms with van der Waals surface area (Å²) < 4.78 is 22.5. The Morgan fingerprint density at radius 1 is 0.327 bits per heavy atom. The highest BCUT2D eigenvalue weighted by atomic mass is 16.8. The molecule has 2 aliphatic heterocycles. The zero-order chi connectivity index (χ0) is 79.5. The number of carbonyl (C=O) groups excluding carboxylic acids is 1. The van der Waals surface area contributed by atoms with Crippen LogP contribution in [0, 0.1) is 29.6 Å². The first-order valence-electron chi connectivity index (χ1n) is 48.9. The lowest BCUT2D eigenvalue weighted by molar-refractivity contribution is -0.376. The van der Waals surface area contributed by atoms with E-state index in [1.165, 1.54) is 398 Å². The number of hydrogen-bond acceptors (Lipinski definition) is 14. The molecule has 3 fully saturated rings. The zero-order valence-corrected chi connectivity index (χ0v) is 72.7. The largest absolute Gasteiger partial charge is 0.463 e. The van der Waals surface area contributed by atoms with Crippen LogP contribution >= 0.6 is 0 Å². The third kappa shape index (κ3) is 52.7. The van der Waals surface area contributed by atoms with Crippen LogP contribution in [0.2, 0.25) is 0 Å². The van der Waals surface area contributed by atoms with Crippen molar-refractivity contribution in [2.24, 2.45) is 29.6 Å². The highest BCUT2D eigenvalue weighted by Crippen LogP contribution is 2.49. The van der Waals surface area contributed by atoms with Gasteiger partial charge in [0.05, 0.1) is 24.7 Å². The lowest BCUT2D eigenvalue weighted by atomic mass is 9.91. The van der Waals surface area contributed by atoms with Crippen molar-refractivity contribution in [3.8, 4) is 0 Å². The lowest BCUT2D eigenvalue weighted by Gasteiger charge is -2.44. The first-order chi connectivity index (χ1) is 53.7. The van der Waals surface area contributed by atoms with E-state index in [0.717, 1.165) is 69.1 Å². The molecule has 0 spiro atoms. The third-order valence-electron chi connectivity index (χ3n) is 26.2. The van der Waals surface area contributed by atoms with Crippen molar-refractivity contribution in [1.82, 2.24) is 0 Å². The second-order valence-electron chi connectivity index (χ2n) is 36.3. The summed E-state index contributed by atoms with van der Waals surface area (Å²) in [6, 6.07) is 0. The van der Waals surface area contributed by atoms with Crippen LogP contribution in [-0.2, 0) is 23.7 Å². The summed E-state index contributed by atoms with van der Waals surface area (Å²) in [7, 11) is 0. The van der Waals surface area contributed by atoms with E-state index in [2.05, 4.69) is 27.7 Å². The minimum atomic E-state index is -1.83. The van der Waals surface area contributed by atoms with Gasteiger partial charge in [-0.25, -0.2) is 0 Å². The van der Waals surface area contributed by atoms with Crippen LogP contribution in [0.4, 0.5) is 0 Å². The van der Waals surface area contributed by atoms with E-state index in [4.69, 9.17) is 18.9 Å². The summed E-state index contributed by atoms with van der Waals surface area (Å²) in [5, 5.41) is 95.4. The average Bonchev–Trinajstić information content (AvgIpc) is 0.910. The fourth-order valence-electron chi connectivity index (χ4n) is 18.0. The molecule has 0 aromatic rings. The topological polar surface area (TPSA) is 236 Å². The van der Waals surface area contributed by atoms with Crippen molar-refractivity contribution in [3.63, 3.8) is 0 Å². The molecule has 3 aliphatic rings. The maximum absolute atomic E-state index is 13.9. The molecule has 17 atom stereocenters. The Kier molecular flexibility index (Phi) is 67.6. The van der Waals surface area contributed by atoms with Crippen molar-refractivity contribution in [2.75, 3.05) is 13.2 Å². The molecule has 2 saturated heterocycles. The zero-order valence-electron chi connectivity index (χ0n) is 72.7. The Hall–Kier alpha value is -1.01. The molecule has 110 heavy (non-hydrogen) atoms. The molecule has 654 valence electrons. The minimum absolute atomic E-state index is 0.0970. The van der Waals surface area contributed by atoms with Crippen LogP contribution in [0.15, 0.2) is 0 Å². The molecule has 0 aromatic carbocycles. The molecule has 9 N–H and O–H groups in total. The van der Waals surface area contributed by atoms with Gasteiger partial charge in [0.2, 0.25) is 0 Å². The number of aliphatic hydroxyl groups is 9. The normalized spacial score (nSPS) is 23.6. The summed E-state index contributed by atoms with van der Waals surface area (Å²) in [6.45, 7) is 8.18. The quantitative estimate of drug-likeness (QED) is 0.0204. The van der Waals surface area contributed by atoms with Crippen molar-refractivity contribution in [1.29, 1.82) is 0 Å². The lowest BCUT2D eigenvalue weighted by Crippen LogP contribution is -2.63. The highest BCUT2D eigenvalue weighted by molar-refractivity contribution is 5.73. The number of ether oxygens (including phenoxy) is 4. The van der Waals surface area contributed by atoms with E-state index in [0.29, 0.717) is 18.8 Å². The number of unbranched alkanes of at least 4 members (excludes halogenated alkanes) is 61. The monoisotopic (exact) mass is 1560 g/mol. The van der Waals surface area contributed by atoms with Crippen molar-refractivity contribution in [2.45, 2.75) is 564 Å². The molecule has 14 heteroatoms. The van der Waals surface area contributed by atoms with Gasteiger partial charge in [-0.1, -0.05) is 458 Å². The minimum Gasteiger partial charge on any atom is -0.463 e. The molecular formula is C96H186O14. The van der Waals surface area contributed by atoms with E-state index in [1.807, 2.05) is 0 Å². The molecule has 14 nitrogen and oxygen atoms in total. The van der Waals surface area contributed by atoms with Crippen molar-refractivity contribution in [3.05, 3.63) is 0 Å². The van der Waals surface area contributed by atoms with Gasteiger partial charge >= 0.3 is 5.97 Å². The first kappa shape index (κ1) is 103. The second kappa shape index (κ2) is 72.0. The van der Waals surface area contributed by atoms with E-state index in [1.54, 1.807) is 0 Å².